The van der Waals surface area contributed by atoms with Gasteiger partial charge in [0.2, 0.25) is 0 Å². The maximum Gasteiger partial charge on any atom is 0.116 e. The van der Waals surface area contributed by atoms with Crippen LogP contribution < -0.4 is 5.32 Å². The molecule has 2 atom stereocenters. The number of carbonyl (C=O) groups excluding carboxylic acids is 1. The van der Waals surface area contributed by atoms with Gasteiger partial charge in [0.05, 0.1) is 0 Å². The first-order valence-corrected chi connectivity index (χ1v) is 4.82. The Kier molecular flexibility index (Phi) is 12.6. The van der Waals surface area contributed by atoms with Gasteiger partial charge in [-0.3, -0.25) is 0 Å². The molecule has 2 nitrogen and oxygen atoms in total. The van der Waals surface area contributed by atoms with E-state index in [9.17, 15) is 0 Å². The summed E-state index contributed by atoms with van der Waals surface area (Å²) in [6, 6.07) is 0. The smallest absolute Gasteiger partial charge is 0.116 e. The Morgan fingerprint density at radius 3 is 1.50 bits per heavy atom. The van der Waals surface area contributed by atoms with Gasteiger partial charge in [-0.05, 0) is 31.8 Å². The first-order valence-electron chi connectivity index (χ1n) is 4.82. The van der Waals surface area contributed by atoms with E-state index in [-0.39, 0.29) is 0 Å². The molecule has 0 spiro atoms. The Labute approximate surface area is 76.7 Å². The lowest BCUT2D eigenvalue weighted by Crippen LogP contribution is -2.06. The fourth-order valence-corrected chi connectivity index (χ4v) is 0.941. The summed E-state index contributed by atoms with van der Waals surface area (Å²) in [4.78, 5) is 8.81. The van der Waals surface area contributed by atoms with Crippen molar-refractivity contribution in [1.82, 2.24) is 5.32 Å². The van der Waals surface area contributed by atoms with Crippen LogP contribution in [0.3, 0.4) is 0 Å². The van der Waals surface area contributed by atoms with Gasteiger partial charge in [-0.2, -0.15) is 0 Å². The average molecular weight is 173 g/mol. The van der Waals surface area contributed by atoms with Crippen LogP contribution in [0.4, 0.5) is 0 Å². The lowest BCUT2D eigenvalue weighted by molar-refractivity contribution is -0.106. The number of nitrogens with one attached hydrogen (secondary N) is 1. The molecule has 0 radical (unpaired) electrons. The normalized spacial score (nSPS) is 26.1. The van der Waals surface area contributed by atoms with E-state index >= 15 is 0 Å². The van der Waals surface area contributed by atoms with Crippen molar-refractivity contribution in [3.63, 3.8) is 0 Å². The van der Waals surface area contributed by atoms with Crippen LogP contribution in [0.1, 0.15) is 34.6 Å². The first-order chi connectivity index (χ1) is 5.72. The zero-order valence-electron chi connectivity index (χ0n) is 9.05. The summed E-state index contributed by atoms with van der Waals surface area (Å²) in [7, 11) is 0. The van der Waals surface area contributed by atoms with Crippen LogP contribution in [0, 0.1) is 11.8 Å². The number of hydrogen-bond acceptors (Lipinski definition) is 2. The third-order valence-corrected chi connectivity index (χ3v) is 1.90. The number of aldehydes is 1. The van der Waals surface area contributed by atoms with E-state index in [4.69, 9.17) is 4.79 Å². The minimum atomic E-state index is 0.750. The molecule has 1 rings (SSSR count). The highest BCUT2D eigenvalue weighted by molar-refractivity contribution is 5.44. The molecule has 1 aliphatic rings. The van der Waals surface area contributed by atoms with Crippen LogP contribution in [0.2, 0.25) is 0 Å². The minimum Gasteiger partial charge on any atom is -0.316 e. The summed E-state index contributed by atoms with van der Waals surface area (Å²) in [5.74, 6) is 1.81. The van der Waals surface area contributed by atoms with Crippen LogP contribution in [0.25, 0.3) is 0 Å². The lowest BCUT2D eigenvalue weighted by Gasteiger charge is -2.03. The third-order valence-electron chi connectivity index (χ3n) is 1.90. The third kappa shape index (κ3) is 7.73. The predicted octanol–water partition coefficient (Wildman–Crippen LogP) is 2.09. The average Bonchev–Trinajstić information content (AvgIpc) is 2.42. The van der Waals surface area contributed by atoms with E-state index < -0.39 is 0 Å². The highest BCUT2D eigenvalue weighted by Crippen LogP contribution is 2.13. The Morgan fingerprint density at radius 1 is 1.17 bits per heavy atom. The van der Waals surface area contributed by atoms with Gasteiger partial charge < -0.3 is 10.1 Å². The molecule has 0 saturated carbocycles. The first kappa shape index (κ1) is 14.2. The van der Waals surface area contributed by atoms with Crippen LogP contribution in [0.15, 0.2) is 0 Å². The molecular weight excluding hydrogens is 150 g/mol. The summed E-state index contributed by atoms with van der Waals surface area (Å²) < 4.78 is 0. The molecule has 0 aromatic rings. The fourth-order valence-electron chi connectivity index (χ4n) is 0.941. The maximum absolute atomic E-state index is 8.81. The second-order valence-corrected chi connectivity index (χ2v) is 2.85. The Morgan fingerprint density at radius 2 is 1.42 bits per heavy atom. The molecule has 1 aliphatic heterocycles. The second kappa shape index (κ2) is 10.6. The summed E-state index contributed by atoms with van der Waals surface area (Å²) in [6.07, 6.45) is 0.750. The van der Waals surface area contributed by atoms with Gasteiger partial charge in [-0.15, -0.1) is 0 Å². The summed E-state index contributed by atoms with van der Waals surface area (Å²) >= 11 is 0. The van der Waals surface area contributed by atoms with Gasteiger partial charge in [0.15, 0.2) is 0 Å². The van der Waals surface area contributed by atoms with Crippen molar-refractivity contribution in [2.75, 3.05) is 13.1 Å². The summed E-state index contributed by atoms with van der Waals surface area (Å²) in [6.45, 7) is 12.5. The van der Waals surface area contributed by atoms with Gasteiger partial charge in [0, 0.05) is 0 Å². The molecule has 1 heterocycles. The Hall–Kier alpha value is -0.370. The predicted molar refractivity (Wildman–Crippen MR) is 54.3 cm³/mol. The highest BCUT2D eigenvalue weighted by Gasteiger charge is 2.16. The highest BCUT2D eigenvalue weighted by atomic mass is 16.1. The van der Waals surface area contributed by atoms with E-state index in [2.05, 4.69) is 19.2 Å². The van der Waals surface area contributed by atoms with Gasteiger partial charge in [0.25, 0.3) is 0 Å². The van der Waals surface area contributed by atoms with Crippen molar-refractivity contribution in [1.29, 1.82) is 0 Å². The topological polar surface area (TPSA) is 29.1 Å². The van der Waals surface area contributed by atoms with Crippen LogP contribution in [-0.4, -0.2) is 19.4 Å². The molecule has 1 N–H and O–H groups in total. The molecule has 0 bridgehead atoms. The fraction of sp³-hybridized carbons (Fsp3) is 0.900. The van der Waals surface area contributed by atoms with E-state index in [1.807, 2.05) is 13.8 Å². The van der Waals surface area contributed by atoms with Crippen LogP contribution in [0.5, 0.6) is 0 Å². The van der Waals surface area contributed by atoms with Gasteiger partial charge in [-0.25, -0.2) is 0 Å². The zero-order valence-corrected chi connectivity index (χ0v) is 9.05. The van der Waals surface area contributed by atoms with E-state index in [1.54, 1.807) is 0 Å². The Balaban J connectivity index is 0. The maximum atomic E-state index is 8.81. The quantitative estimate of drug-likeness (QED) is 0.568. The number of carbonyl (C=O) groups is 1. The minimum absolute atomic E-state index is 0.750. The monoisotopic (exact) mass is 173 g/mol. The molecule has 2 heteroatoms. The Bertz CT molecular complexity index is 85.8. The van der Waals surface area contributed by atoms with E-state index in [1.165, 1.54) is 20.0 Å². The molecule has 1 fully saturated rings. The molecule has 0 unspecified atom stereocenters. The number of rotatable bonds is 0. The zero-order chi connectivity index (χ0) is 9.98. The largest absolute Gasteiger partial charge is 0.316 e. The van der Waals surface area contributed by atoms with Crippen molar-refractivity contribution in [2.24, 2.45) is 11.8 Å². The SMILES string of the molecule is CC.CC=O.C[C@@H]1CNC[C@@H]1C. The molecule has 0 amide bonds. The molecule has 1 saturated heterocycles. The molecule has 12 heavy (non-hydrogen) atoms. The molecule has 0 aromatic carbocycles. The van der Waals surface area contributed by atoms with Crippen molar-refractivity contribution in [3.05, 3.63) is 0 Å². The van der Waals surface area contributed by atoms with Crippen LogP contribution >= 0.6 is 0 Å². The van der Waals surface area contributed by atoms with Crippen molar-refractivity contribution >= 4 is 6.29 Å². The standard InChI is InChI=1S/C6H13N.C2H4O.C2H6/c1-5-3-7-4-6(5)2;1-2-3;1-2/h5-7H,3-4H2,1-2H3;2H,1H3;1-2H3/t5-,6+;;. The molecular formula is C10H23NO. The van der Waals surface area contributed by atoms with Crippen molar-refractivity contribution < 1.29 is 4.79 Å². The summed E-state index contributed by atoms with van der Waals surface area (Å²) in [5.41, 5.74) is 0. The molecule has 74 valence electrons. The second-order valence-electron chi connectivity index (χ2n) is 2.85. The summed E-state index contributed by atoms with van der Waals surface area (Å²) in [5, 5.41) is 3.32. The van der Waals surface area contributed by atoms with E-state index in [0.29, 0.717) is 0 Å². The van der Waals surface area contributed by atoms with E-state index in [0.717, 1.165) is 18.1 Å². The molecule has 0 aromatic heterocycles. The van der Waals surface area contributed by atoms with Crippen LogP contribution in [-0.2, 0) is 4.79 Å². The van der Waals surface area contributed by atoms with Gasteiger partial charge in [0.1, 0.15) is 6.29 Å². The van der Waals surface area contributed by atoms with Gasteiger partial charge in [-0.1, -0.05) is 27.7 Å². The van der Waals surface area contributed by atoms with Crippen molar-refractivity contribution in [3.8, 4) is 0 Å². The van der Waals surface area contributed by atoms with Gasteiger partial charge >= 0.3 is 0 Å². The lowest BCUT2D eigenvalue weighted by atomic mass is 10.0. The number of hydrogen-bond donors (Lipinski definition) is 1. The molecule has 0 aliphatic carbocycles. The van der Waals surface area contributed by atoms with Crippen molar-refractivity contribution in [2.45, 2.75) is 34.6 Å².